The van der Waals surface area contributed by atoms with Gasteiger partial charge in [-0.15, -0.1) is 0 Å². The van der Waals surface area contributed by atoms with Crippen LogP contribution in [-0.2, 0) is 0 Å². The molecular formula is C22H34. The molecule has 2 saturated carbocycles. The minimum absolute atomic E-state index is 0.840. The first kappa shape index (κ1) is 16.1. The zero-order chi connectivity index (χ0) is 15.4. The first-order valence-electron chi connectivity index (χ1n) is 9.81. The Kier molecular flexibility index (Phi) is 5.61. The van der Waals surface area contributed by atoms with Crippen LogP contribution >= 0.6 is 0 Å². The minimum atomic E-state index is 0.840. The maximum Gasteiger partial charge on any atom is -0.0162 e. The summed E-state index contributed by atoms with van der Waals surface area (Å²) < 4.78 is 0. The molecule has 2 aliphatic carbocycles. The van der Waals surface area contributed by atoms with Gasteiger partial charge >= 0.3 is 0 Å². The lowest BCUT2D eigenvalue weighted by Gasteiger charge is -2.34. The molecule has 0 heteroatoms. The van der Waals surface area contributed by atoms with Crippen LogP contribution in [0.3, 0.4) is 0 Å². The molecule has 0 radical (unpaired) electrons. The number of aryl methyl sites for hydroxylation is 1. The Morgan fingerprint density at radius 1 is 0.727 bits per heavy atom. The summed E-state index contributed by atoms with van der Waals surface area (Å²) >= 11 is 0. The first-order chi connectivity index (χ1) is 10.7. The van der Waals surface area contributed by atoms with Crippen LogP contribution in [-0.4, -0.2) is 0 Å². The molecule has 0 bridgehead atoms. The Hall–Kier alpha value is -0.780. The number of benzene rings is 1. The van der Waals surface area contributed by atoms with Crippen LogP contribution in [0.2, 0.25) is 0 Å². The van der Waals surface area contributed by atoms with Crippen molar-refractivity contribution < 1.29 is 0 Å². The number of hydrogen-bond acceptors (Lipinski definition) is 0. The van der Waals surface area contributed by atoms with Crippen LogP contribution in [0.4, 0.5) is 0 Å². The van der Waals surface area contributed by atoms with Gasteiger partial charge in [0.2, 0.25) is 0 Å². The average molecular weight is 299 g/mol. The molecule has 1 aromatic carbocycles. The van der Waals surface area contributed by atoms with Crippen LogP contribution in [0.5, 0.6) is 0 Å². The Bertz CT molecular complexity index is 428. The van der Waals surface area contributed by atoms with E-state index in [1.165, 1.54) is 69.8 Å². The summed E-state index contributed by atoms with van der Waals surface area (Å²) in [5.74, 6) is 3.98. The number of rotatable bonds is 4. The lowest BCUT2D eigenvalue weighted by molar-refractivity contribution is 0.203. The van der Waals surface area contributed by atoms with Crippen LogP contribution in [0.1, 0.15) is 88.2 Å². The van der Waals surface area contributed by atoms with Crippen molar-refractivity contribution >= 4 is 0 Å². The van der Waals surface area contributed by atoms with E-state index >= 15 is 0 Å². The molecule has 0 amide bonds. The van der Waals surface area contributed by atoms with E-state index in [9.17, 15) is 0 Å². The Balaban J connectivity index is 1.43. The summed E-state index contributed by atoms with van der Waals surface area (Å²) in [4.78, 5) is 0. The molecule has 22 heavy (non-hydrogen) atoms. The van der Waals surface area contributed by atoms with E-state index in [0.717, 1.165) is 23.7 Å². The second kappa shape index (κ2) is 7.66. The van der Waals surface area contributed by atoms with Crippen LogP contribution in [0, 0.1) is 24.7 Å². The fourth-order valence-corrected chi connectivity index (χ4v) is 4.92. The highest BCUT2D eigenvalue weighted by Crippen LogP contribution is 2.41. The van der Waals surface area contributed by atoms with Gasteiger partial charge in [-0.1, -0.05) is 68.9 Å². The zero-order valence-corrected chi connectivity index (χ0v) is 14.7. The van der Waals surface area contributed by atoms with Crippen molar-refractivity contribution in [3.05, 3.63) is 35.4 Å². The van der Waals surface area contributed by atoms with Gasteiger partial charge in [-0.25, -0.2) is 0 Å². The Morgan fingerprint density at radius 2 is 1.23 bits per heavy atom. The molecule has 0 atom stereocenters. The summed E-state index contributed by atoms with van der Waals surface area (Å²) in [6, 6.07) is 9.31. The fourth-order valence-electron chi connectivity index (χ4n) is 4.92. The molecule has 0 aromatic heterocycles. The smallest absolute Gasteiger partial charge is 0.0162 e. The normalized spacial score (nSPS) is 32.8. The van der Waals surface area contributed by atoms with E-state index in [1.54, 1.807) is 5.56 Å². The first-order valence-corrected chi connectivity index (χ1v) is 9.81. The van der Waals surface area contributed by atoms with Crippen molar-refractivity contribution in [2.75, 3.05) is 0 Å². The monoisotopic (exact) mass is 298 g/mol. The third-order valence-electron chi connectivity index (χ3n) is 6.61. The van der Waals surface area contributed by atoms with Gasteiger partial charge in [-0.3, -0.25) is 0 Å². The van der Waals surface area contributed by atoms with E-state index in [0.29, 0.717) is 0 Å². The summed E-state index contributed by atoms with van der Waals surface area (Å²) in [5.41, 5.74) is 2.98. The molecule has 0 spiro atoms. The second-order valence-electron chi connectivity index (χ2n) is 8.16. The molecule has 2 fully saturated rings. The molecule has 0 nitrogen and oxygen atoms in total. The summed E-state index contributed by atoms with van der Waals surface area (Å²) in [7, 11) is 0. The standard InChI is InChI=1S/C22H34/c1-3-18-6-8-19(9-7-18)16-20-10-14-22(15-11-20)21-12-4-17(2)5-13-21/h4-5,12-13,18-20,22H,3,6-11,14-16H2,1-2H3. The Labute approximate surface area is 137 Å². The predicted octanol–water partition coefficient (Wildman–Crippen LogP) is 6.88. The maximum absolute atomic E-state index is 2.37. The van der Waals surface area contributed by atoms with Gasteiger partial charge in [0.15, 0.2) is 0 Å². The molecule has 3 rings (SSSR count). The van der Waals surface area contributed by atoms with Crippen molar-refractivity contribution in [1.82, 2.24) is 0 Å². The van der Waals surface area contributed by atoms with Gasteiger partial charge in [0, 0.05) is 0 Å². The molecule has 0 saturated heterocycles. The molecule has 0 unspecified atom stereocenters. The highest BCUT2D eigenvalue weighted by Gasteiger charge is 2.26. The van der Waals surface area contributed by atoms with Crippen molar-refractivity contribution in [3.63, 3.8) is 0 Å². The van der Waals surface area contributed by atoms with Crippen molar-refractivity contribution in [1.29, 1.82) is 0 Å². The fraction of sp³-hybridized carbons (Fsp3) is 0.727. The molecule has 1 aromatic rings. The summed E-state index contributed by atoms with van der Waals surface area (Å²) in [6.45, 7) is 4.56. The van der Waals surface area contributed by atoms with Gasteiger partial charge < -0.3 is 0 Å². The average Bonchev–Trinajstić information content (AvgIpc) is 2.57. The van der Waals surface area contributed by atoms with Gasteiger partial charge in [0.05, 0.1) is 0 Å². The molecular weight excluding hydrogens is 264 g/mol. The lowest BCUT2D eigenvalue weighted by atomic mass is 9.72. The minimum Gasteiger partial charge on any atom is -0.0651 e. The predicted molar refractivity (Wildman–Crippen MR) is 96.2 cm³/mol. The summed E-state index contributed by atoms with van der Waals surface area (Å²) in [6.07, 6.45) is 14.8. The third-order valence-corrected chi connectivity index (χ3v) is 6.61. The van der Waals surface area contributed by atoms with Crippen molar-refractivity contribution in [2.24, 2.45) is 17.8 Å². The van der Waals surface area contributed by atoms with Crippen LogP contribution in [0.15, 0.2) is 24.3 Å². The Morgan fingerprint density at radius 3 is 1.77 bits per heavy atom. The number of hydrogen-bond donors (Lipinski definition) is 0. The van der Waals surface area contributed by atoms with E-state index in [4.69, 9.17) is 0 Å². The van der Waals surface area contributed by atoms with Crippen molar-refractivity contribution in [2.45, 2.75) is 84.0 Å². The van der Waals surface area contributed by atoms with Crippen molar-refractivity contribution in [3.8, 4) is 0 Å². The SMILES string of the molecule is CCC1CCC(CC2CCC(c3ccc(C)cc3)CC2)CC1. The van der Waals surface area contributed by atoms with Gasteiger partial charge in [-0.05, 0) is 68.3 Å². The van der Waals surface area contributed by atoms with E-state index in [1.807, 2.05) is 0 Å². The van der Waals surface area contributed by atoms with E-state index < -0.39 is 0 Å². The second-order valence-corrected chi connectivity index (χ2v) is 8.16. The molecule has 2 aliphatic rings. The molecule has 0 heterocycles. The highest BCUT2D eigenvalue weighted by atomic mass is 14.3. The summed E-state index contributed by atoms with van der Waals surface area (Å²) in [5, 5.41) is 0. The largest absolute Gasteiger partial charge is 0.0651 e. The van der Waals surface area contributed by atoms with E-state index in [2.05, 4.69) is 38.1 Å². The molecule has 0 N–H and O–H groups in total. The lowest BCUT2D eigenvalue weighted by Crippen LogP contribution is -2.20. The maximum atomic E-state index is 2.37. The van der Waals surface area contributed by atoms with Gasteiger partial charge in [-0.2, -0.15) is 0 Å². The molecule has 122 valence electrons. The molecule has 0 aliphatic heterocycles. The van der Waals surface area contributed by atoms with Crippen LogP contribution in [0.25, 0.3) is 0 Å². The topological polar surface area (TPSA) is 0 Å². The highest BCUT2D eigenvalue weighted by molar-refractivity contribution is 5.24. The van der Waals surface area contributed by atoms with E-state index in [-0.39, 0.29) is 0 Å². The van der Waals surface area contributed by atoms with Gasteiger partial charge in [0.1, 0.15) is 0 Å². The third kappa shape index (κ3) is 4.15. The van der Waals surface area contributed by atoms with Crippen LogP contribution < -0.4 is 0 Å². The quantitative estimate of drug-likeness (QED) is 0.568. The zero-order valence-electron chi connectivity index (χ0n) is 14.7. The van der Waals surface area contributed by atoms with Gasteiger partial charge in [0.25, 0.3) is 0 Å².